The normalized spacial score (nSPS) is 22.4. The Balaban J connectivity index is 1.53. The first-order chi connectivity index (χ1) is 18.1. The highest BCUT2D eigenvalue weighted by Crippen LogP contribution is 2.55. The van der Waals surface area contributed by atoms with E-state index in [1.807, 2.05) is 0 Å². The Labute approximate surface area is 218 Å². The Morgan fingerprint density at radius 1 is 0.459 bits per heavy atom. The van der Waals surface area contributed by atoms with Crippen LogP contribution in [0.3, 0.4) is 0 Å². The summed E-state index contributed by atoms with van der Waals surface area (Å²) in [6.07, 6.45) is 26.1. The molecule has 0 amide bonds. The van der Waals surface area contributed by atoms with Crippen LogP contribution in [0.25, 0.3) is 0 Å². The van der Waals surface area contributed by atoms with Crippen molar-refractivity contribution in [3.63, 3.8) is 0 Å². The SMILES string of the molecule is COCC1=CC2=C3C=C(COC)C=CN3C3(N2C=C1)N1C=CC(COC)=CC1=C1C=C(COC)C=CN13. The summed E-state index contributed by atoms with van der Waals surface area (Å²) in [6.45, 7) is 2.19. The minimum absolute atomic E-state index is 0.548. The minimum atomic E-state index is -0.719. The van der Waals surface area contributed by atoms with Crippen LogP contribution in [0.4, 0.5) is 0 Å². The molecule has 0 atom stereocenters. The van der Waals surface area contributed by atoms with Gasteiger partial charge in [-0.25, -0.2) is 0 Å². The summed E-state index contributed by atoms with van der Waals surface area (Å²) in [5, 5.41) is 0. The van der Waals surface area contributed by atoms with Gasteiger partial charge in [0.1, 0.15) is 0 Å². The highest BCUT2D eigenvalue weighted by atomic mass is 16.5. The molecule has 0 aliphatic carbocycles. The smallest absolute Gasteiger partial charge is 0.294 e. The van der Waals surface area contributed by atoms with E-state index in [0.717, 1.165) is 45.1 Å². The number of fused-ring (bicyclic) bond motifs is 8. The fourth-order valence-electron chi connectivity index (χ4n) is 5.73. The van der Waals surface area contributed by atoms with Gasteiger partial charge in [0, 0.05) is 53.2 Å². The van der Waals surface area contributed by atoms with Crippen molar-refractivity contribution in [2.45, 2.75) is 5.91 Å². The van der Waals surface area contributed by atoms with Crippen LogP contribution < -0.4 is 0 Å². The Morgan fingerprint density at radius 2 is 0.703 bits per heavy atom. The lowest BCUT2D eigenvalue weighted by molar-refractivity contribution is -0.107. The number of nitrogens with zero attached hydrogens (tertiary/aromatic N) is 4. The van der Waals surface area contributed by atoms with Gasteiger partial charge in [-0.2, -0.15) is 0 Å². The number of methoxy groups -OCH3 is 4. The standard InChI is InChI=1S/C29H32N4O4/c1-34-17-21-5-9-30-25(13-21)26-14-22(18-35-2)6-10-31(26)29(30)32-11-7-23(19-36-3)15-27(32)28-16-24(20-37-4)8-12-33(28)29/h5-16H,17-20H2,1-4H3. The number of rotatable bonds is 8. The summed E-state index contributed by atoms with van der Waals surface area (Å²) in [6, 6.07) is 0. The van der Waals surface area contributed by atoms with Crippen LogP contribution in [0, 0.1) is 0 Å². The summed E-state index contributed by atoms with van der Waals surface area (Å²) in [5.41, 5.74) is 8.90. The monoisotopic (exact) mass is 500 g/mol. The molecule has 0 N–H and O–H groups in total. The van der Waals surface area contributed by atoms with Crippen molar-refractivity contribution in [1.82, 2.24) is 19.6 Å². The van der Waals surface area contributed by atoms with Crippen molar-refractivity contribution in [2.24, 2.45) is 0 Å². The van der Waals surface area contributed by atoms with E-state index in [4.69, 9.17) is 18.9 Å². The maximum absolute atomic E-state index is 5.47. The lowest BCUT2D eigenvalue weighted by Gasteiger charge is -2.52. The lowest BCUT2D eigenvalue weighted by Crippen LogP contribution is -2.66. The third kappa shape index (κ3) is 3.52. The van der Waals surface area contributed by atoms with Crippen LogP contribution >= 0.6 is 0 Å². The molecular weight excluding hydrogens is 468 g/mol. The van der Waals surface area contributed by atoms with Crippen LogP contribution in [-0.2, 0) is 18.9 Å². The topological polar surface area (TPSA) is 49.9 Å². The zero-order valence-electron chi connectivity index (χ0n) is 21.7. The lowest BCUT2D eigenvalue weighted by atomic mass is 10.1. The van der Waals surface area contributed by atoms with Crippen molar-refractivity contribution >= 4 is 0 Å². The van der Waals surface area contributed by atoms with E-state index >= 15 is 0 Å². The Hall–Kier alpha value is -3.56. The van der Waals surface area contributed by atoms with E-state index in [0.29, 0.717) is 26.4 Å². The van der Waals surface area contributed by atoms with Gasteiger partial charge >= 0.3 is 0 Å². The van der Waals surface area contributed by atoms with E-state index in [1.54, 1.807) is 28.4 Å². The minimum Gasteiger partial charge on any atom is -0.380 e. The average molecular weight is 501 g/mol. The Bertz CT molecular complexity index is 1110. The second kappa shape index (κ2) is 9.39. The van der Waals surface area contributed by atoms with Gasteiger partial charge in [0.2, 0.25) is 0 Å². The highest BCUT2D eigenvalue weighted by Gasteiger charge is 2.62. The van der Waals surface area contributed by atoms with Crippen molar-refractivity contribution in [2.75, 3.05) is 54.9 Å². The zero-order chi connectivity index (χ0) is 25.6. The maximum atomic E-state index is 5.47. The summed E-state index contributed by atoms with van der Waals surface area (Å²) in [5.74, 6) is -0.719. The third-order valence-corrected chi connectivity index (χ3v) is 7.14. The van der Waals surface area contributed by atoms with Crippen LogP contribution in [0.5, 0.6) is 0 Å². The van der Waals surface area contributed by atoms with Crippen molar-refractivity contribution in [1.29, 1.82) is 0 Å². The molecule has 6 rings (SSSR count). The van der Waals surface area contributed by atoms with Gasteiger partial charge in [-0.05, 0) is 70.9 Å². The first kappa shape index (κ1) is 23.8. The van der Waals surface area contributed by atoms with Crippen molar-refractivity contribution in [3.8, 4) is 0 Å². The van der Waals surface area contributed by atoms with Crippen LogP contribution in [0.2, 0.25) is 0 Å². The highest BCUT2D eigenvalue weighted by molar-refractivity contribution is 5.57. The Kier molecular flexibility index (Phi) is 6.04. The molecule has 0 aromatic rings. The van der Waals surface area contributed by atoms with Gasteiger partial charge in [-0.15, -0.1) is 0 Å². The molecule has 192 valence electrons. The molecule has 0 bridgehead atoms. The summed E-state index contributed by atoms with van der Waals surface area (Å²) >= 11 is 0. The molecular formula is C29H32N4O4. The molecule has 6 aliphatic heterocycles. The van der Waals surface area contributed by atoms with Crippen LogP contribution in [0.15, 0.2) is 118 Å². The quantitative estimate of drug-likeness (QED) is 0.501. The second-order valence-electron chi connectivity index (χ2n) is 9.49. The van der Waals surface area contributed by atoms with Crippen molar-refractivity contribution in [3.05, 3.63) is 118 Å². The van der Waals surface area contributed by atoms with E-state index in [-0.39, 0.29) is 0 Å². The van der Waals surface area contributed by atoms with Gasteiger partial charge in [0.15, 0.2) is 0 Å². The molecule has 0 fully saturated rings. The molecule has 8 heteroatoms. The molecule has 0 unspecified atom stereocenters. The number of ether oxygens (including phenoxy) is 4. The molecule has 37 heavy (non-hydrogen) atoms. The fraction of sp³-hybridized carbons (Fsp3) is 0.310. The van der Waals surface area contributed by atoms with Gasteiger partial charge < -0.3 is 18.9 Å². The second-order valence-corrected chi connectivity index (χ2v) is 9.49. The first-order valence-electron chi connectivity index (χ1n) is 12.3. The number of allylic oxidation sites excluding steroid dienone is 4. The predicted octanol–water partition coefficient (Wildman–Crippen LogP) is 3.66. The summed E-state index contributed by atoms with van der Waals surface area (Å²) in [7, 11) is 6.91. The van der Waals surface area contributed by atoms with E-state index in [2.05, 4.69) is 93.0 Å². The molecule has 0 aromatic carbocycles. The summed E-state index contributed by atoms with van der Waals surface area (Å²) < 4.78 is 21.9. The molecule has 6 aliphatic rings. The molecule has 8 nitrogen and oxygen atoms in total. The van der Waals surface area contributed by atoms with Gasteiger partial charge in [-0.3, -0.25) is 19.6 Å². The molecule has 0 saturated carbocycles. The molecule has 0 radical (unpaired) electrons. The Morgan fingerprint density at radius 3 is 0.919 bits per heavy atom. The molecule has 1 spiro atoms. The van der Waals surface area contributed by atoms with Crippen LogP contribution in [0.1, 0.15) is 0 Å². The molecule has 0 saturated heterocycles. The number of hydrogen-bond acceptors (Lipinski definition) is 8. The van der Waals surface area contributed by atoms with Gasteiger partial charge in [0.05, 0.1) is 49.2 Å². The van der Waals surface area contributed by atoms with Crippen LogP contribution in [-0.4, -0.2) is 80.4 Å². The largest absolute Gasteiger partial charge is 0.380 e. The summed E-state index contributed by atoms with van der Waals surface area (Å²) in [4.78, 5) is 9.35. The van der Waals surface area contributed by atoms with E-state index in [9.17, 15) is 0 Å². The van der Waals surface area contributed by atoms with Crippen molar-refractivity contribution < 1.29 is 18.9 Å². The first-order valence-corrected chi connectivity index (χ1v) is 12.3. The van der Waals surface area contributed by atoms with Gasteiger partial charge in [-0.1, -0.05) is 0 Å². The average Bonchev–Trinajstić information content (AvgIpc) is 3.35. The predicted molar refractivity (Wildman–Crippen MR) is 141 cm³/mol. The van der Waals surface area contributed by atoms with E-state index in [1.165, 1.54) is 0 Å². The van der Waals surface area contributed by atoms with Gasteiger partial charge in [0.25, 0.3) is 5.91 Å². The third-order valence-electron chi connectivity index (χ3n) is 7.14. The zero-order valence-corrected chi connectivity index (χ0v) is 21.7. The fourth-order valence-corrected chi connectivity index (χ4v) is 5.73. The maximum Gasteiger partial charge on any atom is 0.294 e. The number of hydrogen-bond donors (Lipinski definition) is 0. The van der Waals surface area contributed by atoms with E-state index < -0.39 is 5.91 Å². The molecule has 0 aromatic heterocycles. The molecule has 6 heterocycles.